The summed E-state index contributed by atoms with van der Waals surface area (Å²) in [6.45, 7) is 1.97. The van der Waals surface area contributed by atoms with Gasteiger partial charge in [-0.2, -0.15) is 5.10 Å². The van der Waals surface area contributed by atoms with Gasteiger partial charge in [0.1, 0.15) is 17.2 Å². The molecule has 0 amide bonds. The van der Waals surface area contributed by atoms with Crippen LogP contribution in [0.15, 0.2) is 18.2 Å². The normalized spacial score (nSPS) is 10.2. The smallest absolute Gasteiger partial charge is 0.128 e. The zero-order valence-corrected chi connectivity index (χ0v) is 11.0. The molecular weight excluding hydrogens is 230 g/mol. The van der Waals surface area contributed by atoms with Gasteiger partial charge in [0.05, 0.1) is 25.6 Å². The summed E-state index contributed by atoms with van der Waals surface area (Å²) in [6, 6.07) is 5.65. The molecule has 0 unspecified atom stereocenters. The van der Waals surface area contributed by atoms with Gasteiger partial charge >= 0.3 is 0 Å². The minimum absolute atomic E-state index is 0.763. The Bertz CT molecular complexity index is 549. The number of aromatic nitrogens is 2. The summed E-state index contributed by atoms with van der Waals surface area (Å²) in [5.74, 6) is 1.53. The zero-order chi connectivity index (χ0) is 13.1. The third-order valence-corrected chi connectivity index (χ3v) is 2.86. The van der Waals surface area contributed by atoms with E-state index in [-0.39, 0.29) is 0 Å². The lowest BCUT2D eigenvalue weighted by Gasteiger charge is -2.10. The van der Waals surface area contributed by atoms with E-state index in [4.69, 9.17) is 9.47 Å². The fraction of sp³-hybridized carbons (Fsp3) is 0.308. The van der Waals surface area contributed by atoms with Crippen LogP contribution in [0.2, 0.25) is 0 Å². The first kappa shape index (κ1) is 12.3. The Labute approximate surface area is 106 Å². The van der Waals surface area contributed by atoms with E-state index >= 15 is 0 Å². The number of hydrogen-bond acceptors (Lipinski definition) is 4. The highest BCUT2D eigenvalue weighted by atomic mass is 16.5. The number of ether oxygens (including phenoxy) is 2. The van der Waals surface area contributed by atoms with E-state index in [1.807, 2.05) is 32.2 Å². The summed E-state index contributed by atoms with van der Waals surface area (Å²) in [7, 11) is 5.15. The van der Waals surface area contributed by atoms with E-state index < -0.39 is 0 Å². The molecule has 0 radical (unpaired) electrons. The molecule has 2 aromatic rings. The highest BCUT2D eigenvalue weighted by molar-refractivity contribution is 5.80. The Kier molecular flexibility index (Phi) is 3.41. The second-order valence-electron chi connectivity index (χ2n) is 3.89. The van der Waals surface area contributed by atoms with Crippen molar-refractivity contribution >= 4 is 5.69 Å². The van der Waals surface area contributed by atoms with Crippen LogP contribution >= 0.6 is 0 Å². The van der Waals surface area contributed by atoms with E-state index in [1.165, 1.54) is 0 Å². The van der Waals surface area contributed by atoms with E-state index in [1.54, 1.807) is 14.2 Å². The molecule has 96 valence electrons. The minimum Gasteiger partial charge on any atom is -0.497 e. The van der Waals surface area contributed by atoms with Crippen LogP contribution < -0.4 is 14.8 Å². The Morgan fingerprint density at radius 3 is 2.61 bits per heavy atom. The number of aromatic amines is 1. The zero-order valence-electron chi connectivity index (χ0n) is 11.0. The van der Waals surface area contributed by atoms with Crippen LogP contribution in [0.1, 0.15) is 5.69 Å². The van der Waals surface area contributed by atoms with E-state index in [9.17, 15) is 0 Å². The molecule has 0 atom stereocenters. The number of rotatable bonds is 4. The Hall–Kier alpha value is -2.17. The lowest BCUT2D eigenvalue weighted by Crippen LogP contribution is -1.94. The van der Waals surface area contributed by atoms with Crippen molar-refractivity contribution in [2.45, 2.75) is 6.92 Å². The molecule has 0 spiro atoms. The van der Waals surface area contributed by atoms with Crippen LogP contribution in [-0.4, -0.2) is 31.5 Å². The summed E-state index contributed by atoms with van der Waals surface area (Å²) in [6.07, 6.45) is 0. The van der Waals surface area contributed by atoms with Crippen molar-refractivity contribution in [1.82, 2.24) is 10.2 Å². The molecule has 5 heteroatoms. The average molecular weight is 247 g/mol. The lowest BCUT2D eigenvalue weighted by atomic mass is 10.1. The highest BCUT2D eigenvalue weighted by Gasteiger charge is 2.16. The number of nitrogens with zero attached hydrogens (tertiary/aromatic N) is 1. The largest absolute Gasteiger partial charge is 0.497 e. The monoisotopic (exact) mass is 247 g/mol. The molecule has 0 bridgehead atoms. The molecular formula is C13H17N3O2. The summed E-state index contributed by atoms with van der Waals surface area (Å²) in [5.41, 5.74) is 3.66. The molecule has 5 nitrogen and oxygen atoms in total. The molecule has 1 aromatic carbocycles. The van der Waals surface area contributed by atoms with Crippen molar-refractivity contribution < 1.29 is 9.47 Å². The Balaban J connectivity index is 2.60. The molecule has 0 saturated carbocycles. The van der Waals surface area contributed by atoms with Gasteiger partial charge in [-0.3, -0.25) is 5.10 Å². The minimum atomic E-state index is 0.763. The van der Waals surface area contributed by atoms with Gasteiger partial charge in [0.2, 0.25) is 0 Å². The molecule has 0 aliphatic heterocycles. The maximum Gasteiger partial charge on any atom is 0.128 e. The topological polar surface area (TPSA) is 59.2 Å². The molecule has 1 aromatic heterocycles. The van der Waals surface area contributed by atoms with Crippen LogP contribution in [0, 0.1) is 6.92 Å². The molecule has 18 heavy (non-hydrogen) atoms. The number of aryl methyl sites for hydroxylation is 1. The fourth-order valence-corrected chi connectivity index (χ4v) is 1.93. The summed E-state index contributed by atoms with van der Waals surface area (Å²) < 4.78 is 10.6. The van der Waals surface area contributed by atoms with E-state index in [0.717, 1.165) is 34.1 Å². The highest BCUT2D eigenvalue weighted by Crippen LogP contribution is 2.37. The number of anilines is 1. The molecule has 0 aliphatic rings. The number of methoxy groups -OCH3 is 2. The molecule has 0 saturated heterocycles. The lowest BCUT2D eigenvalue weighted by molar-refractivity contribution is 0.404. The standard InChI is InChI=1S/C13H17N3O2/c1-8-12(14-2)13(16-15-8)10-7-9(17-3)5-6-11(10)18-4/h5-7,14H,1-4H3,(H,15,16). The van der Waals surface area contributed by atoms with Crippen LogP contribution in [0.3, 0.4) is 0 Å². The van der Waals surface area contributed by atoms with Gasteiger partial charge in [0.15, 0.2) is 0 Å². The van der Waals surface area contributed by atoms with Gasteiger partial charge in [0, 0.05) is 12.6 Å². The second kappa shape index (κ2) is 5.00. The van der Waals surface area contributed by atoms with Gasteiger partial charge in [-0.05, 0) is 25.1 Å². The van der Waals surface area contributed by atoms with E-state index in [2.05, 4.69) is 15.5 Å². The van der Waals surface area contributed by atoms with Gasteiger partial charge in [-0.15, -0.1) is 0 Å². The van der Waals surface area contributed by atoms with Crippen molar-refractivity contribution in [1.29, 1.82) is 0 Å². The first-order valence-corrected chi connectivity index (χ1v) is 5.66. The Morgan fingerprint density at radius 1 is 1.22 bits per heavy atom. The van der Waals surface area contributed by atoms with Gasteiger partial charge in [-0.1, -0.05) is 0 Å². The van der Waals surface area contributed by atoms with Crippen molar-refractivity contribution in [3.05, 3.63) is 23.9 Å². The first-order valence-electron chi connectivity index (χ1n) is 5.66. The Morgan fingerprint density at radius 2 is 2.00 bits per heavy atom. The third kappa shape index (κ3) is 1.99. The second-order valence-corrected chi connectivity index (χ2v) is 3.89. The molecule has 0 aliphatic carbocycles. The van der Waals surface area contributed by atoms with Crippen molar-refractivity contribution in [3.63, 3.8) is 0 Å². The maximum absolute atomic E-state index is 5.37. The SMILES string of the molecule is CNc1c(-c2cc(OC)ccc2OC)n[nH]c1C. The number of benzene rings is 1. The third-order valence-electron chi connectivity index (χ3n) is 2.86. The summed E-state index contributed by atoms with van der Waals surface area (Å²) in [5, 5.41) is 10.4. The molecule has 0 fully saturated rings. The number of hydrogen-bond donors (Lipinski definition) is 2. The van der Waals surface area contributed by atoms with Crippen LogP contribution in [-0.2, 0) is 0 Å². The van der Waals surface area contributed by atoms with Crippen LogP contribution in [0.25, 0.3) is 11.3 Å². The van der Waals surface area contributed by atoms with Crippen molar-refractivity contribution in [3.8, 4) is 22.8 Å². The fourth-order valence-electron chi connectivity index (χ4n) is 1.93. The van der Waals surface area contributed by atoms with E-state index in [0.29, 0.717) is 0 Å². The first-order chi connectivity index (χ1) is 8.71. The van der Waals surface area contributed by atoms with Gasteiger partial charge in [0.25, 0.3) is 0 Å². The van der Waals surface area contributed by atoms with Crippen molar-refractivity contribution in [2.24, 2.45) is 0 Å². The summed E-state index contributed by atoms with van der Waals surface area (Å²) in [4.78, 5) is 0. The number of H-pyrrole nitrogens is 1. The van der Waals surface area contributed by atoms with Crippen LogP contribution in [0.4, 0.5) is 5.69 Å². The van der Waals surface area contributed by atoms with Gasteiger partial charge < -0.3 is 14.8 Å². The summed E-state index contributed by atoms with van der Waals surface area (Å²) >= 11 is 0. The quantitative estimate of drug-likeness (QED) is 0.871. The van der Waals surface area contributed by atoms with Gasteiger partial charge in [-0.25, -0.2) is 0 Å². The predicted octanol–water partition coefficient (Wildman–Crippen LogP) is 2.44. The predicted molar refractivity (Wildman–Crippen MR) is 71.4 cm³/mol. The maximum atomic E-state index is 5.37. The van der Waals surface area contributed by atoms with Crippen LogP contribution in [0.5, 0.6) is 11.5 Å². The molecule has 2 rings (SSSR count). The number of nitrogens with one attached hydrogen (secondary N) is 2. The average Bonchev–Trinajstić information content (AvgIpc) is 2.78. The van der Waals surface area contributed by atoms with Crippen molar-refractivity contribution in [2.75, 3.05) is 26.6 Å². The molecule has 2 N–H and O–H groups in total. The molecule has 1 heterocycles.